The zero-order valence-corrected chi connectivity index (χ0v) is 11.0. The van der Waals surface area contributed by atoms with Gasteiger partial charge in [-0.15, -0.1) is 0 Å². The van der Waals surface area contributed by atoms with E-state index in [4.69, 9.17) is 5.73 Å². The summed E-state index contributed by atoms with van der Waals surface area (Å²) in [6, 6.07) is 13.7. The number of amides is 2. The van der Waals surface area contributed by atoms with Gasteiger partial charge in [0.1, 0.15) is 0 Å². The first-order valence-corrected chi connectivity index (χ1v) is 6.45. The second-order valence-electron chi connectivity index (χ2n) is 4.67. The van der Waals surface area contributed by atoms with Gasteiger partial charge in [-0.1, -0.05) is 36.4 Å². The van der Waals surface area contributed by atoms with Gasteiger partial charge in [0.2, 0.25) is 0 Å². The molecule has 4 N–H and O–H groups in total. The molecule has 2 aromatic rings. The van der Waals surface area contributed by atoms with Gasteiger partial charge in [-0.2, -0.15) is 0 Å². The smallest absolute Gasteiger partial charge is 0.319 e. The third kappa shape index (κ3) is 3.69. The molecule has 0 aliphatic heterocycles. The number of fused-ring (bicyclic) bond motifs is 1. The average molecular weight is 257 g/mol. The summed E-state index contributed by atoms with van der Waals surface area (Å²) in [4.78, 5) is 11.8. The molecule has 0 heterocycles. The molecular weight excluding hydrogens is 238 g/mol. The van der Waals surface area contributed by atoms with Gasteiger partial charge in [0, 0.05) is 18.0 Å². The number of carbonyl (C=O) groups excluding carboxylic acids is 1. The van der Waals surface area contributed by atoms with Gasteiger partial charge in [-0.3, -0.25) is 0 Å². The molecule has 2 aromatic carbocycles. The number of rotatable bonds is 4. The van der Waals surface area contributed by atoms with Crippen molar-refractivity contribution in [1.29, 1.82) is 0 Å². The van der Waals surface area contributed by atoms with Crippen molar-refractivity contribution in [2.45, 2.75) is 19.4 Å². The molecule has 0 bridgehead atoms. The van der Waals surface area contributed by atoms with E-state index in [1.54, 1.807) is 0 Å². The third-order valence-corrected chi connectivity index (χ3v) is 2.92. The van der Waals surface area contributed by atoms with Crippen LogP contribution >= 0.6 is 0 Å². The lowest BCUT2D eigenvalue weighted by atomic mass is 10.1. The first-order chi connectivity index (χ1) is 9.16. The minimum atomic E-state index is -0.197. The normalized spacial score (nSPS) is 12.1. The van der Waals surface area contributed by atoms with Gasteiger partial charge in [-0.05, 0) is 24.8 Å². The highest BCUT2D eigenvalue weighted by molar-refractivity contribution is 6.01. The van der Waals surface area contributed by atoms with E-state index in [2.05, 4.69) is 10.6 Å². The molecule has 4 nitrogen and oxygen atoms in total. The Bertz CT molecular complexity index is 561. The SMILES string of the molecule is CC(N)CCNC(=O)Nc1cccc2ccccc12. The minimum Gasteiger partial charge on any atom is -0.338 e. The molecule has 2 amide bonds. The average Bonchev–Trinajstić information content (AvgIpc) is 2.39. The monoisotopic (exact) mass is 257 g/mol. The van der Waals surface area contributed by atoms with Crippen LogP contribution in [0, 0.1) is 0 Å². The fourth-order valence-corrected chi connectivity index (χ4v) is 1.91. The van der Waals surface area contributed by atoms with Gasteiger partial charge < -0.3 is 16.4 Å². The van der Waals surface area contributed by atoms with Crippen molar-refractivity contribution in [2.24, 2.45) is 5.73 Å². The molecule has 0 saturated heterocycles. The maximum Gasteiger partial charge on any atom is 0.319 e. The standard InChI is InChI=1S/C15H19N3O/c1-11(16)9-10-17-15(19)18-14-8-4-6-12-5-2-3-7-13(12)14/h2-8,11H,9-10,16H2,1H3,(H2,17,18,19). The van der Waals surface area contributed by atoms with Gasteiger partial charge in [0.05, 0.1) is 5.69 Å². The van der Waals surface area contributed by atoms with Crippen molar-refractivity contribution in [2.75, 3.05) is 11.9 Å². The molecule has 4 heteroatoms. The molecule has 0 radical (unpaired) electrons. The second-order valence-corrected chi connectivity index (χ2v) is 4.67. The van der Waals surface area contributed by atoms with Gasteiger partial charge in [0.25, 0.3) is 0 Å². The highest BCUT2D eigenvalue weighted by atomic mass is 16.2. The first kappa shape index (κ1) is 13.4. The second kappa shape index (κ2) is 6.20. The lowest BCUT2D eigenvalue weighted by Gasteiger charge is -2.11. The van der Waals surface area contributed by atoms with Crippen LogP contribution in [-0.2, 0) is 0 Å². The molecule has 0 aliphatic rings. The molecule has 0 aromatic heterocycles. The number of benzene rings is 2. The summed E-state index contributed by atoms with van der Waals surface area (Å²) in [6.45, 7) is 2.50. The van der Waals surface area contributed by atoms with Crippen LogP contribution in [0.2, 0.25) is 0 Å². The summed E-state index contributed by atoms with van der Waals surface area (Å²) >= 11 is 0. The molecule has 1 unspecified atom stereocenters. The Morgan fingerprint density at radius 3 is 2.74 bits per heavy atom. The molecule has 1 atom stereocenters. The number of nitrogens with two attached hydrogens (primary N) is 1. The van der Waals surface area contributed by atoms with Gasteiger partial charge >= 0.3 is 6.03 Å². The molecule has 19 heavy (non-hydrogen) atoms. The van der Waals surface area contributed by atoms with Crippen LogP contribution in [0.25, 0.3) is 10.8 Å². The van der Waals surface area contributed by atoms with Crippen molar-refractivity contribution >= 4 is 22.5 Å². The summed E-state index contributed by atoms with van der Waals surface area (Å²) in [5, 5.41) is 7.81. The summed E-state index contributed by atoms with van der Waals surface area (Å²) in [6.07, 6.45) is 0.767. The third-order valence-electron chi connectivity index (χ3n) is 2.92. The lowest BCUT2D eigenvalue weighted by Crippen LogP contribution is -2.32. The number of urea groups is 1. The van der Waals surface area contributed by atoms with Crippen molar-refractivity contribution in [1.82, 2.24) is 5.32 Å². The Kier molecular flexibility index (Phi) is 4.36. The van der Waals surface area contributed by atoms with Gasteiger partial charge in [-0.25, -0.2) is 4.79 Å². The van der Waals surface area contributed by atoms with Crippen LogP contribution in [0.3, 0.4) is 0 Å². The van der Waals surface area contributed by atoms with E-state index in [9.17, 15) is 4.79 Å². The van der Waals surface area contributed by atoms with Crippen LogP contribution in [-0.4, -0.2) is 18.6 Å². The molecule has 0 fully saturated rings. The summed E-state index contributed by atoms with van der Waals surface area (Å²) in [5.41, 5.74) is 6.45. The predicted octanol–water partition coefficient (Wildman–Crippen LogP) is 2.70. The maximum absolute atomic E-state index is 11.8. The Balaban J connectivity index is 2.03. The predicted molar refractivity (Wildman–Crippen MR) is 79.2 cm³/mol. The fraction of sp³-hybridized carbons (Fsp3) is 0.267. The summed E-state index contributed by atoms with van der Waals surface area (Å²) in [5.74, 6) is 0. The largest absolute Gasteiger partial charge is 0.338 e. The zero-order chi connectivity index (χ0) is 13.7. The number of carbonyl (C=O) groups is 1. The summed E-state index contributed by atoms with van der Waals surface area (Å²) < 4.78 is 0. The van der Waals surface area contributed by atoms with Crippen LogP contribution in [0.15, 0.2) is 42.5 Å². The molecule has 0 saturated carbocycles. The Morgan fingerprint density at radius 2 is 1.95 bits per heavy atom. The van der Waals surface area contributed by atoms with Crippen LogP contribution in [0.1, 0.15) is 13.3 Å². The Morgan fingerprint density at radius 1 is 1.21 bits per heavy atom. The topological polar surface area (TPSA) is 67.1 Å². The molecule has 0 aliphatic carbocycles. The minimum absolute atomic E-state index is 0.0952. The van der Waals surface area contributed by atoms with Crippen molar-refractivity contribution < 1.29 is 4.79 Å². The van der Waals surface area contributed by atoms with Crippen molar-refractivity contribution in [3.8, 4) is 0 Å². The van der Waals surface area contributed by atoms with Crippen LogP contribution in [0.5, 0.6) is 0 Å². The highest BCUT2D eigenvalue weighted by Crippen LogP contribution is 2.22. The number of anilines is 1. The highest BCUT2D eigenvalue weighted by Gasteiger charge is 2.04. The zero-order valence-electron chi connectivity index (χ0n) is 11.0. The van der Waals surface area contributed by atoms with Crippen molar-refractivity contribution in [3.05, 3.63) is 42.5 Å². The quantitative estimate of drug-likeness (QED) is 0.788. The summed E-state index contributed by atoms with van der Waals surface area (Å²) in [7, 11) is 0. The maximum atomic E-state index is 11.8. The number of hydrogen-bond acceptors (Lipinski definition) is 2. The molecular formula is C15H19N3O. The van der Waals surface area contributed by atoms with Crippen molar-refractivity contribution in [3.63, 3.8) is 0 Å². The van der Waals surface area contributed by atoms with Crippen LogP contribution in [0.4, 0.5) is 10.5 Å². The van der Waals surface area contributed by atoms with E-state index >= 15 is 0 Å². The van der Waals surface area contributed by atoms with E-state index in [0.29, 0.717) is 6.54 Å². The van der Waals surface area contributed by atoms with Crippen LogP contribution < -0.4 is 16.4 Å². The van der Waals surface area contributed by atoms with E-state index in [-0.39, 0.29) is 12.1 Å². The molecule has 100 valence electrons. The van der Waals surface area contributed by atoms with E-state index in [0.717, 1.165) is 22.9 Å². The van der Waals surface area contributed by atoms with E-state index in [1.807, 2.05) is 49.4 Å². The van der Waals surface area contributed by atoms with Gasteiger partial charge in [0.15, 0.2) is 0 Å². The number of nitrogens with one attached hydrogen (secondary N) is 2. The number of hydrogen-bond donors (Lipinski definition) is 3. The van der Waals surface area contributed by atoms with E-state index < -0.39 is 0 Å². The first-order valence-electron chi connectivity index (χ1n) is 6.45. The lowest BCUT2D eigenvalue weighted by molar-refractivity contribution is 0.252. The molecule has 2 rings (SSSR count). The Hall–Kier alpha value is -2.07. The fourth-order valence-electron chi connectivity index (χ4n) is 1.91. The Labute approximate surface area is 113 Å². The van der Waals surface area contributed by atoms with E-state index in [1.165, 1.54) is 0 Å². The molecule has 0 spiro atoms.